The third-order valence-electron chi connectivity index (χ3n) is 3.30. The van der Waals surface area contributed by atoms with E-state index in [-0.39, 0.29) is 5.25 Å². The second-order valence-electron chi connectivity index (χ2n) is 4.68. The second kappa shape index (κ2) is 6.06. The summed E-state index contributed by atoms with van der Waals surface area (Å²) in [4.78, 5) is 4.46. The van der Waals surface area contributed by atoms with Crippen LogP contribution in [0.2, 0.25) is 0 Å². The molecule has 0 aromatic heterocycles. The number of nitrogens with two attached hydrogens (primary N) is 1. The summed E-state index contributed by atoms with van der Waals surface area (Å²) in [6.45, 7) is 0. The molecule has 0 spiro atoms. The Balaban J connectivity index is 1.94. The van der Waals surface area contributed by atoms with E-state index in [1.54, 1.807) is 18.9 Å². The SMILES string of the molecule is COc1ccc(C2=C[C@H](c3ccccc3)SC(N)=N2)cc1. The Kier molecular flexibility index (Phi) is 3.97. The summed E-state index contributed by atoms with van der Waals surface area (Å²) in [6.07, 6.45) is 2.15. The summed E-state index contributed by atoms with van der Waals surface area (Å²) in [5.74, 6) is 0.834. The predicted octanol–water partition coefficient (Wildman–Crippen LogP) is 3.84. The minimum absolute atomic E-state index is 0.195. The van der Waals surface area contributed by atoms with E-state index in [4.69, 9.17) is 10.5 Å². The van der Waals surface area contributed by atoms with Crippen LogP contribution in [-0.2, 0) is 0 Å². The number of benzene rings is 2. The molecule has 2 aromatic carbocycles. The lowest BCUT2D eigenvalue weighted by Crippen LogP contribution is -2.12. The molecule has 2 aromatic rings. The Labute approximate surface area is 128 Å². The molecule has 1 aliphatic rings. The summed E-state index contributed by atoms with van der Waals surface area (Å²) < 4.78 is 5.18. The van der Waals surface area contributed by atoms with Gasteiger partial charge in [-0.1, -0.05) is 42.1 Å². The van der Waals surface area contributed by atoms with Gasteiger partial charge in [-0.25, -0.2) is 4.99 Å². The monoisotopic (exact) mass is 296 g/mol. The zero-order valence-electron chi connectivity index (χ0n) is 11.7. The van der Waals surface area contributed by atoms with Gasteiger partial charge in [0.2, 0.25) is 0 Å². The van der Waals surface area contributed by atoms with Gasteiger partial charge in [-0.3, -0.25) is 0 Å². The van der Waals surface area contributed by atoms with E-state index in [0.29, 0.717) is 5.17 Å². The van der Waals surface area contributed by atoms with Crippen molar-refractivity contribution in [2.75, 3.05) is 7.11 Å². The van der Waals surface area contributed by atoms with E-state index in [9.17, 15) is 0 Å². The van der Waals surface area contributed by atoms with Gasteiger partial charge in [0, 0.05) is 5.56 Å². The van der Waals surface area contributed by atoms with Crippen molar-refractivity contribution in [3.05, 3.63) is 71.8 Å². The van der Waals surface area contributed by atoms with Crippen LogP contribution in [0.15, 0.2) is 65.7 Å². The van der Waals surface area contributed by atoms with Crippen LogP contribution in [0.5, 0.6) is 5.75 Å². The predicted molar refractivity (Wildman–Crippen MR) is 89.4 cm³/mol. The van der Waals surface area contributed by atoms with Crippen LogP contribution in [0.1, 0.15) is 16.4 Å². The number of ether oxygens (including phenoxy) is 1. The highest BCUT2D eigenvalue weighted by molar-refractivity contribution is 8.14. The van der Waals surface area contributed by atoms with Crippen LogP contribution < -0.4 is 10.5 Å². The largest absolute Gasteiger partial charge is 0.497 e. The summed E-state index contributed by atoms with van der Waals surface area (Å²) in [5, 5.41) is 0.790. The third kappa shape index (κ3) is 3.11. The fourth-order valence-corrected chi connectivity index (χ4v) is 3.12. The van der Waals surface area contributed by atoms with Crippen LogP contribution in [0.25, 0.3) is 5.70 Å². The van der Waals surface area contributed by atoms with Crippen molar-refractivity contribution in [2.45, 2.75) is 5.25 Å². The molecule has 3 rings (SSSR count). The maximum absolute atomic E-state index is 5.99. The zero-order valence-corrected chi connectivity index (χ0v) is 12.5. The quantitative estimate of drug-likeness (QED) is 0.936. The molecular formula is C17H16N2OS. The van der Waals surface area contributed by atoms with Crippen LogP contribution in [-0.4, -0.2) is 12.3 Å². The maximum atomic E-state index is 5.99. The van der Waals surface area contributed by atoms with Crippen molar-refractivity contribution in [1.29, 1.82) is 0 Å². The lowest BCUT2D eigenvalue weighted by Gasteiger charge is -2.19. The Morgan fingerprint density at radius 3 is 2.43 bits per heavy atom. The minimum atomic E-state index is 0.195. The first-order valence-corrected chi connectivity index (χ1v) is 7.56. The van der Waals surface area contributed by atoms with Gasteiger partial charge < -0.3 is 10.5 Å². The van der Waals surface area contributed by atoms with Crippen molar-refractivity contribution >= 4 is 22.6 Å². The fraction of sp³-hybridized carbons (Fsp3) is 0.118. The van der Waals surface area contributed by atoms with Crippen molar-refractivity contribution in [3.8, 4) is 5.75 Å². The van der Waals surface area contributed by atoms with Crippen molar-refractivity contribution in [2.24, 2.45) is 10.7 Å². The average molecular weight is 296 g/mol. The molecule has 4 heteroatoms. The van der Waals surface area contributed by atoms with Crippen LogP contribution in [0.4, 0.5) is 0 Å². The van der Waals surface area contributed by atoms with Gasteiger partial charge in [0.05, 0.1) is 18.1 Å². The molecule has 0 amide bonds. The summed E-state index contributed by atoms with van der Waals surface area (Å²) in [7, 11) is 1.66. The van der Waals surface area contributed by atoms with Gasteiger partial charge in [-0.2, -0.15) is 0 Å². The van der Waals surface area contributed by atoms with Crippen LogP contribution >= 0.6 is 11.8 Å². The van der Waals surface area contributed by atoms with Crippen LogP contribution in [0, 0.1) is 0 Å². The molecule has 0 bridgehead atoms. The van der Waals surface area contributed by atoms with E-state index in [1.807, 2.05) is 42.5 Å². The molecule has 0 radical (unpaired) electrons. The molecule has 0 saturated carbocycles. The second-order valence-corrected chi connectivity index (χ2v) is 5.84. The van der Waals surface area contributed by atoms with E-state index in [1.165, 1.54) is 5.56 Å². The molecule has 1 heterocycles. The number of hydrogen-bond acceptors (Lipinski definition) is 4. The van der Waals surface area contributed by atoms with Crippen molar-refractivity contribution in [3.63, 3.8) is 0 Å². The number of hydrogen-bond donors (Lipinski definition) is 1. The van der Waals surface area contributed by atoms with Gasteiger partial charge in [0.1, 0.15) is 5.75 Å². The third-order valence-corrected chi connectivity index (χ3v) is 4.30. The van der Waals surface area contributed by atoms with Gasteiger partial charge in [-0.15, -0.1) is 0 Å². The first-order valence-electron chi connectivity index (χ1n) is 6.68. The minimum Gasteiger partial charge on any atom is -0.497 e. The first-order chi connectivity index (χ1) is 10.3. The highest BCUT2D eigenvalue weighted by Gasteiger charge is 2.18. The van der Waals surface area contributed by atoms with Crippen LogP contribution in [0.3, 0.4) is 0 Å². The zero-order chi connectivity index (χ0) is 14.7. The molecular weight excluding hydrogens is 280 g/mol. The van der Waals surface area contributed by atoms with E-state index in [0.717, 1.165) is 17.0 Å². The average Bonchev–Trinajstić information content (AvgIpc) is 2.55. The Morgan fingerprint density at radius 2 is 1.76 bits per heavy atom. The topological polar surface area (TPSA) is 47.6 Å². The Bertz CT molecular complexity index is 678. The highest BCUT2D eigenvalue weighted by Crippen LogP contribution is 2.37. The molecule has 2 N–H and O–H groups in total. The number of aliphatic imine (C=N–C) groups is 1. The summed E-state index contributed by atoms with van der Waals surface area (Å²) in [5.41, 5.74) is 9.17. The molecule has 0 saturated heterocycles. The standard InChI is InChI=1S/C17H16N2OS/c1-20-14-9-7-12(8-10-14)15-11-16(21-17(18)19-15)13-5-3-2-4-6-13/h2-11,16H,1H3,(H2,18,19)/t16-/m1/s1. The lowest BCUT2D eigenvalue weighted by molar-refractivity contribution is 0.415. The van der Waals surface area contributed by atoms with Gasteiger partial charge >= 0.3 is 0 Å². The number of thioether (sulfide) groups is 1. The van der Waals surface area contributed by atoms with Crippen molar-refractivity contribution < 1.29 is 4.74 Å². The molecule has 1 aliphatic heterocycles. The highest BCUT2D eigenvalue weighted by atomic mass is 32.2. The van der Waals surface area contributed by atoms with E-state index >= 15 is 0 Å². The number of amidine groups is 1. The normalized spacial score (nSPS) is 17.9. The number of rotatable bonds is 3. The Hall–Kier alpha value is -2.20. The van der Waals surface area contributed by atoms with E-state index < -0.39 is 0 Å². The molecule has 0 unspecified atom stereocenters. The first kappa shape index (κ1) is 13.8. The Morgan fingerprint density at radius 1 is 1.05 bits per heavy atom. The maximum Gasteiger partial charge on any atom is 0.160 e. The summed E-state index contributed by atoms with van der Waals surface area (Å²) >= 11 is 1.57. The fourth-order valence-electron chi connectivity index (χ4n) is 2.22. The molecule has 0 aliphatic carbocycles. The lowest BCUT2D eigenvalue weighted by atomic mass is 10.1. The van der Waals surface area contributed by atoms with Gasteiger partial charge in [0.25, 0.3) is 0 Å². The molecule has 106 valence electrons. The number of nitrogens with zero attached hydrogens (tertiary/aromatic N) is 1. The molecule has 3 nitrogen and oxygen atoms in total. The van der Waals surface area contributed by atoms with Gasteiger partial charge in [0.15, 0.2) is 5.17 Å². The molecule has 0 fully saturated rings. The smallest absolute Gasteiger partial charge is 0.160 e. The van der Waals surface area contributed by atoms with E-state index in [2.05, 4.69) is 23.2 Å². The number of methoxy groups -OCH3 is 1. The molecule has 21 heavy (non-hydrogen) atoms. The summed E-state index contributed by atoms with van der Waals surface area (Å²) in [6, 6.07) is 18.2. The molecule has 1 atom stereocenters. The van der Waals surface area contributed by atoms with Gasteiger partial charge in [-0.05, 0) is 35.9 Å². The van der Waals surface area contributed by atoms with Crippen molar-refractivity contribution in [1.82, 2.24) is 0 Å².